The van der Waals surface area contributed by atoms with Crippen molar-refractivity contribution in [2.24, 2.45) is 0 Å². The Morgan fingerprint density at radius 2 is 1.53 bits per heavy atom. The first-order valence-corrected chi connectivity index (χ1v) is 9.16. The van der Waals surface area contributed by atoms with Crippen LogP contribution in [0.1, 0.15) is 0 Å². The molecule has 2 aromatic rings. The van der Waals surface area contributed by atoms with Crippen LogP contribution in [0.4, 0.5) is 0 Å². The van der Waals surface area contributed by atoms with Crippen LogP contribution in [-0.2, 0) is 35.2 Å². The van der Waals surface area contributed by atoms with E-state index in [0.29, 0.717) is 0 Å². The molecule has 0 unspecified atom stereocenters. The molecular weight excluding hydrogens is 375 g/mol. The fraction of sp³-hybridized carbons (Fsp3) is 0. The standard InChI is InChI=1S/C5H3Cl2O4S2.C5H5.Fe/c6-12(8,9)4-2-1-3-5(4)13(7,10)11;1-2-4-5-3-1;/h1-3H;1-5H;/q2*-1;+2. The third-order valence-corrected chi connectivity index (χ3v) is 4.71. The molecule has 0 heterocycles. The summed E-state index contributed by atoms with van der Waals surface area (Å²) in [6.07, 6.45) is 0. The summed E-state index contributed by atoms with van der Waals surface area (Å²) < 4.78 is 43.2. The van der Waals surface area contributed by atoms with Crippen LogP contribution >= 0.6 is 21.4 Å². The maximum Gasteiger partial charge on any atom is 2.00 e. The normalized spacial score (nSPS) is 11.1. The Hall–Kier alpha value is -0.301. The minimum absolute atomic E-state index is 0. The fourth-order valence-electron chi connectivity index (χ4n) is 1.11. The van der Waals surface area contributed by atoms with Gasteiger partial charge in [0.25, 0.3) is 0 Å². The number of hydrogen-bond donors (Lipinski definition) is 0. The van der Waals surface area contributed by atoms with E-state index < -0.39 is 27.9 Å². The molecule has 0 saturated carbocycles. The summed E-state index contributed by atoms with van der Waals surface area (Å²) >= 11 is 0. The van der Waals surface area contributed by atoms with Gasteiger partial charge < -0.3 is 0 Å². The molecule has 0 aliphatic rings. The molecule has 2 rings (SSSR count). The zero-order valence-electron chi connectivity index (χ0n) is 9.18. The topological polar surface area (TPSA) is 68.3 Å². The van der Waals surface area contributed by atoms with E-state index in [0.717, 1.165) is 12.1 Å². The molecule has 0 N–H and O–H groups in total. The van der Waals surface area contributed by atoms with Crippen LogP contribution in [0.3, 0.4) is 0 Å². The monoisotopic (exact) mass is 382 g/mol. The van der Waals surface area contributed by atoms with Crippen LogP contribution in [0.5, 0.6) is 0 Å². The third-order valence-electron chi connectivity index (χ3n) is 1.82. The second-order valence-electron chi connectivity index (χ2n) is 3.09. The Balaban J connectivity index is 0.000000454. The molecule has 0 saturated heterocycles. The van der Waals surface area contributed by atoms with Crippen LogP contribution in [0.25, 0.3) is 0 Å². The van der Waals surface area contributed by atoms with E-state index in [2.05, 4.69) is 0 Å². The molecule has 0 amide bonds. The van der Waals surface area contributed by atoms with E-state index in [4.69, 9.17) is 21.4 Å². The van der Waals surface area contributed by atoms with E-state index >= 15 is 0 Å². The summed E-state index contributed by atoms with van der Waals surface area (Å²) in [5.41, 5.74) is 0. The molecule has 0 bridgehead atoms. The van der Waals surface area contributed by atoms with E-state index in [1.54, 1.807) is 0 Å². The summed E-state index contributed by atoms with van der Waals surface area (Å²) in [5, 5.41) is 0. The average molecular weight is 383 g/mol. The first kappa shape index (κ1) is 18.7. The van der Waals surface area contributed by atoms with Gasteiger partial charge in [0.05, 0.1) is 0 Å². The minimum Gasteiger partial charge on any atom is -0.220 e. The number of rotatable bonds is 2. The molecule has 0 radical (unpaired) electrons. The predicted octanol–water partition coefficient (Wildman–Crippen LogP) is 2.66. The Kier molecular flexibility index (Phi) is 7.36. The quantitative estimate of drug-likeness (QED) is 0.455. The summed E-state index contributed by atoms with van der Waals surface area (Å²) in [6.45, 7) is 0. The maximum atomic E-state index is 10.8. The summed E-state index contributed by atoms with van der Waals surface area (Å²) in [4.78, 5) is -0.992. The first-order valence-electron chi connectivity index (χ1n) is 4.54. The van der Waals surface area contributed by atoms with Gasteiger partial charge in [0.15, 0.2) is 0 Å². The third kappa shape index (κ3) is 6.12. The van der Waals surface area contributed by atoms with Gasteiger partial charge in [-0.1, -0.05) is 0 Å². The Morgan fingerprint density at radius 3 is 1.79 bits per heavy atom. The van der Waals surface area contributed by atoms with Crippen molar-refractivity contribution in [2.75, 3.05) is 0 Å². The van der Waals surface area contributed by atoms with Crippen molar-refractivity contribution in [3.63, 3.8) is 0 Å². The van der Waals surface area contributed by atoms with Gasteiger partial charge in [-0.3, -0.25) is 0 Å². The molecule has 2 aromatic carbocycles. The molecule has 0 aliphatic heterocycles. The molecule has 0 spiro atoms. The van der Waals surface area contributed by atoms with Gasteiger partial charge in [-0.2, -0.15) is 30.3 Å². The summed E-state index contributed by atoms with van der Waals surface area (Å²) in [6, 6.07) is 13.4. The van der Waals surface area contributed by atoms with Gasteiger partial charge >= 0.3 is 17.1 Å². The molecule has 4 nitrogen and oxygen atoms in total. The second-order valence-corrected chi connectivity index (χ2v) is 8.16. The van der Waals surface area contributed by atoms with Crippen molar-refractivity contribution in [3.8, 4) is 0 Å². The second kappa shape index (κ2) is 7.47. The average Bonchev–Trinajstić information content (AvgIpc) is 2.91. The molecular formula is C10H8Cl2FeO4S2. The molecule has 0 atom stereocenters. The van der Waals surface area contributed by atoms with Gasteiger partial charge in [-0.15, -0.1) is 0 Å². The number of halogens is 2. The van der Waals surface area contributed by atoms with E-state index in [-0.39, 0.29) is 17.1 Å². The van der Waals surface area contributed by atoms with Crippen molar-refractivity contribution < 1.29 is 33.9 Å². The fourth-order valence-corrected chi connectivity index (χ4v) is 3.95. The smallest absolute Gasteiger partial charge is 0.220 e. The van der Waals surface area contributed by atoms with Gasteiger partial charge in [0.1, 0.15) is 0 Å². The van der Waals surface area contributed by atoms with E-state index in [9.17, 15) is 16.8 Å². The summed E-state index contributed by atoms with van der Waals surface area (Å²) in [7, 11) is 1.79. The molecule has 9 heteroatoms. The van der Waals surface area contributed by atoms with Crippen LogP contribution in [0, 0.1) is 0 Å². The van der Waals surface area contributed by atoms with Crippen molar-refractivity contribution >= 4 is 39.5 Å². The van der Waals surface area contributed by atoms with E-state index in [1.165, 1.54) is 6.07 Å². The van der Waals surface area contributed by atoms with Crippen molar-refractivity contribution in [1.82, 2.24) is 0 Å². The number of hydrogen-bond acceptors (Lipinski definition) is 4. The van der Waals surface area contributed by atoms with Crippen LogP contribution in [-0.4, -0.2) is 16.8 Å². The van der Waals surface area contributed by atoms with Gasteiger partial charge in [0.2, 0.25) is 18.1 Å². The first-order chi connectivity index (χ1) is 8.23. The van der Waals surface area contributed by atoms with Crippen molar-refractivity contribution in [1.29, 1.82) is 0 Å². The van der Waals surface area contributed by atoms with Crippen LogP contribution in [0.2, 0.25) is 0 Å². The van der Waals surface area contributed by atoms with E-state index in [1.807, 2.05) is 30.3 Å². The Bertz CT molecular complexity index is 624. The zero-order chi connectivity index (χ0) is 13.8. The Morgan fingerprint density at radius 1 is 1.00 bits per heavy atom. The predicted molar refractivity (Wildman–Crippen MR) is 70.1 cm³/mol. The molecule has 0 aliphatic carbocycles. The Labute approximate surface area is 131 Å². The van der Waals surface area contributed by atoms with Crippen LogP contribution < -0.4 is 0 Å². The minimum atomic E-state index is -4.06. The van der Waals surface area contributed by atoms with Crippen LogP contribution in [0.15, 0.2) is 58.3 Å². The molecule has 0 aromatic heterocycles. The molecule has 106 valence electrons. The van der Waals surface area contributed by atoms with Gasteiger partial charge in [-0.05, 0) is 9.79 Å². The van der Waals surface area contributed by atoms with Gasteiger partial charge in [0, 0.05) is 21.4 Å². The van der Waals surface area contributed by atoms with Crippen molar-refractivity contribution in [3.05, 3.63) is 48.5 Å². The maximum absolute atomic E-state index is 10.8. The molecule has 19 heavy (non-hydrogen) atoms. The SMILES string of the molecule is O=S(=O)(Cl)c1ccc[c-]1S(=O)(=O)Cl.[Fe+2].c1cc[cH-]c1. The van der Waals surface area contributed by atoms with Gasteiger partial charge in [-0.25, -0.2) is 35.0 Å². The largest absolute Gasteiger partial charge is 2.00 e. The summed E-state index contributed by atoms with van der Waals surface area (Å²) in [5.74, 6) is 0. The van der Waals surface area contributed by atoms with Crippen molar-refractivity contribution in [2.45, 2.75) is 9.79 Å². The molecule has 0 fully saturated rings. The zero-order valence-corrected chi connectivity index (χ0v) is 13.4.